The number of furan rings is 1. The predicted molar refractivity (Wildman–Crippen MR) is 74.7 cm³/mol. The van der Waals surface area contributed by atoms with Crippen LogP contribution in [0.4, 0.5) is 11.6 Å². The summed E-state index contributed by atoms with van der Waals surface area (Å²) in [7, 11) is 1.96. The third kappa shape index (κ3) is 3.45. The highest BCUT2D eigenvalue weighted by Gasteiger charge is 2.09. The SMILES string of the molecule is CCCc1nc(NN)cc(N(C)Cc2ccco2)n1. The number of nitrogens with two attached hydrogens (primary N) is 1. The zero-order valence-corrected chi connectivity index (χ0v) is 11.3. The molecule has 0 saturated carbocycles. The van der Waals surface area contributed by atoms with Crippen molar-refractivity contribution in [2.75, 3.05) is 17.4 Å². The lowest BCUT2D eigenvalue weighted by molar-refractivity contribution is 0.506. The summed E-state index contributed by atoms with van der Waals surface area (Å²) < 4.78 is 5.33. The first-order valence-corrected chi connectivity index (χ1v) is 6.31. The molecule has 0 radical (unpaired) electrons. The molecular weight excluding hydrogens is 242 g/mol. The van der Waals surface area contributed by atoms with Crippen molar-refractivity contribution in [1.82, 2.24) is 9.97 Å². The van der Waals surface area contributed by atoms with Crippen molar-refractivity contribution in [3.63, 3.8) is 0 Å². The topological polar surface area (TPSA) is 80.2 Å². The quantitative estimate of drug-likeness (QED) is 0.611. The molecule has 102 valence electrons. The molecule has 6 heteroatoms. The number of anilines is 2. The molecule has 0 amide bonds. The van der Waals surface area contributed by atoms with Gasteiger partial charge in [-0.3, -0.25) is 0 Å². The van der Waals surface area contributed by atoms with Crippen LogP contribution in [0.3, 0.4) is 0 Å². The van der Waals surface area contributed by atoms with Crippen LogP contribution in [0.2, 0.25) is 0 Å². The summed E-state index contributed by atoms with van der Waals surface area (Å²) in [6.45, 7) is 2.75. The fourth-order valence-corrected chi connectivity index (χ4v) is 1.81. The van der Waals surface area contributed by atoms with Crippen molar-refractivity contribution >= 4 is 11.6 Å². The van der Waals surface area contributed by atoms with E-state index in [-0.39, 0.29) is 0 Å². The lowest BCUT2D eigenvalue weighted by Crippen LogP contribution is -2.19. The molecule has 2 rings (SSSR count). The van der Waals surface area contributed by atoms with Crippen molar-refractivity contribution in [3.05, 3.63) is 36.0 Å². The molecule has 2 heterocycles. The Morgan fingerprint density at radius 1 is 1.42 bits per heavy atom. The van der Waals surface area contributed by atoms with Crippen LogP contribution >= 0.6 is 0 Å². The summed E-state index contributed by atoms with van der Waals surface area (Å²) in [5.41, 5.74) is 2.58. The molecule has 0 unspecified atom stereocenters. The number of hydrogen-bond acceptors (Lipinski definition) is 6. The van der Waals surface area contributed by atoms with Crippen LogP contribution in [0.5, 0.6) is 0 Å². The Labute approximate surface area is 112 Å². The van der Waals surface area contributed by atoms with Crippen molar-refractivity contribution < 1.29 is 4.42 Å². The third-order valence-electron chi connectivity index (χ3n) is 2.74. The van der Waals surface area contributed by atoms with Gasteiger partial charge in [0.05, 0.1) is 12.8 Å². The van der Waals surface area contributed by atoms with E-state index >= 15 is 0 Å². The smallest absolute Gasteiger partial charge is 0.145 e. The first-order valence-electron chi connectivity index (χ1n) is 6.31. The Morgan fingerprint density at radius 2 is 2.26 bits per heavy atom. The van der Waals surface area contributed by atoms with Gasteiger partial charge in [0.15, 0.2) is 0 Å². The van der Waals surface area contributed by atoms with Gasteiger partial charge in [-0.15, -0.1) is 0 Å². The second kappa shape index (κ2) is 6.19. The number of aromatic nitrogens is 2. The van der Waals surface area contributed by atoms with Gasteiger partial charge in [-0.2, -0.15) is 0 Å². The Balaban J connectivity index is 2.19. The number of hydrazine groups is 1. The van der Waals surface area contributed by atoms with Gasteiger partial charge < -0.3 is 14.7 Å². The molecule has 0 saturated heterocycles. The van der Waals surface area contributed by atoms with Gasteiger partial charge in [-0.05, 0) is 18.6 Å². The molecule has 0 bridgehead atoms. The average Bonchev–Trinajstić information content (AvgIpc) is 2.91. The molecule has 19 heavy (non-hydrogen) atoms. The van der Waals surface area contributed by atoms with Gasteiger partial charge in [0, 0.05) is 19.5 Å². The van der Waals surface area contributed by atoms with E-state index in [1.165, 1.54) is 0 Å². The lowest BCUT2D eigenvalue weighted by atomic mass is 10.3. The van der Waals surface area contributed by atoms with Crippen LogP contribution < -0.4 is 16.2 Å². The minimum atomic E-state index is 0.625. The highest BCUT2D eigenvalue weighted by atomic mass is 16.3. The van der Waals surface area contributed by atoms with Gasteiger partial charge >= 0.3 is 0 Å². The molecule has 3 N–H and O–H groups in total. The molecule has 0 atom stereocenters. The minimum Gasteiger partial charge on any atom is -0.467 e. The Bertz CT molecular complexity index is 512. The van der Waals surface area contributed by atoms with Crippen molar-refractivity contribution in [2.24, 2.45) is 5.84 Å². The maximum absolute atomic E-state index is 5.44. The van der Waals surface area contributed by atoms with E-state index in [4.69, 9.17) is 10.3 Å². The van der Waals surface area contributed by atoms with Gasteiger partial charge in [0.1, 0.15) is 23.2 Å². The molecular formula is C13H19N5O. The summed E-state index contributed by atoms with van der Waals surface area (Å²) in [4.78, 5) is 10.9. The summed E-state index contributed by atoms with van der Waals surface area (Å²) in [6, 6.07) is 5.63. The van der Waals surface area contributed by atoms with E-state index in [0.717, 1.165) is 30.2 Å². The molecule has 0 aliphatic carbocycles. The maximum atomic E-state index is 5.44. The normalized spacial score (nSPS) is 10.5. The van der Waals surface area contributed by atoms with Crippen LogP contribution in [0, 0.1) is 0 Å². The van der Waals surface area contributed by atoms with Crippen LogP contribution in [-0.4, -0.2) is 17.0 Å². The van der Waals surface area contributed by atoms with E-state index < -0.39 is 0 Å². The number of rotatable bonds is 6. The highest BCUT2D eigenvalue weighted by Crippen LogP contribution is 2.17. The fourth-order valence-electron chi connectivity index (χ4n) is 1.81. The summed E-state index contributed by atoms with van der Waals surface area (Å²) >= 11 is 0. The van der Waals surface area contributed by atoms with Crippen LogP contribution in [0.25, 0.3) is 0 Å². The Kier molecular flexibility index (Phi) is 4.35. The largest absolute Gasteiger partial charge is 0.467 e. The van der Waals surface area contributed by atoms with Crippen molar-refractivity contribution in [1.29, 1.82) is 0 Å². The van der Waals surface area contributed by atoms with Crippen molar-refractivity contribution in [2.45, 2.75) is 26.3 Å². The standard InChI is InChI=1S/C13H19N5O/c1-3-5-11-15-12(17-14)8-13(16-11)18(2)9-10-6-4-7-19-10/h4,6-8H,3,5,9,14H2,1-2H3,(H,15,16,17). The zero-order chi connectivity index (χ0) is 13.7. The van der Waals surface area contributed by atoms with Crippen LogP contribution in [0.1, 0.15) is 24.9 Å². The monoisotopic (exact) mass is 261 g/mol. The molecule has 6 nitrogen and oxygen atoms in total. The maximum Gasteiger partial charge on any atom is 0.145 e. The van der Waals surface area contributed by atoms with E-state index in [1.54, 1.807) is 6.26 Å². The first-order chi connectivity index (χ1) is 9.22. The van der Waals surface area contributed by atoms with Crippen LogP contribution in [-0.2, 0) is 13.0 Å². The summed E-state index contributed by atoms with van der Waals surface area (Å²) in [6.07, 6.45) is 3.49. The van der Waals surface area contributed by atoms with Gasteiger partial charge in [-0.1, -0.05) is 6.92 Å². The molecule has 0 spiro atoms. The second-order valence-electron chi connectivity index (χ2n) is 4.36. The summed E-state index contributed by atoms with van der Waals surface area (Å²) in [5, 5.41) is 0. The van der Waals surface area contributed by atoms with Crippen molar-refractivity contribution in [3.8, 4) is 0 Å². The average molecular weight is 261 g/mol. The molecule has 0 aliphatic rings. The van der Waals surface area contributed by atoms with Crippen LogP contribution in [0.15, 0.2) is 28.9 Å². The van der Waals surface area contributed by atoms with E-state index in [2.05, 4.69) is 22.3 Å². The number of aryl methyl sites for hydroxylation is 1. The number of nitrogens with one attached hydrogen (secondary N) is 1. The molecule has 0 aromatic carbocycles. The number of nitrogen functional groups attached to an aromatic ring is 1. The molecule has 0 fully saturated rings. The molecule has 2 aromatic heterocycles. The molecule has 2 aromatic rings. The Morgan fingerprint density at radius 3 is 2.89 bits per heavy atom. The predicted octanol–water partition coefficient (Wildman–Crippen LogP) is 1.94. The lowest BCUT2D eigenvalue weighted by Gasteiger charge is -2.18. The highest BCUT2D eigenvalue weighted by molar-refractivity contribution is 5.48. The van der Waals surface area contributed by atoms with E-state index in [1.807, 2.05) is 30.1 Å². The number of nitrogens with zero attached hydrogens (tertiary/aromatic N) is 3. The second-order valence-corrected chi connectivity index (χ2v) is 4.36. The fraction of sp³-hybridized carbons (Fsp3) is 0.385. The first kappa shape index (κ1) is 13.4. The van der Waals surface area contributed by atoms with Gasteiger partial charge in [0.25, 0.3) is 0 Å². The van der Waals surface area contributed by atoms with Gasteiger partial charge in [0.2, 0.25) is 0 Å². The number of hydrogen-bond donors (Lipinski definition) is 2. The molecule has 0 aliphatic heterocycles. The minimum absolute atomic E-state index is 0.625. The van der Waals surface area contributed by atoms with E-state index in [0.29, 0.717) is 12.4 Å². The Hall–Kier alpha value is -2.08. The summed E-state index contributed by atoms with van der Waals surface area (Å²) in [5.74, 6) is 8.57. The third-order valence-corrected chi connectivity index (χ3v) is 2.74. The van der Waals surface area contributed by atoms with Gasteiger partial charge in [-0.25, -0.2) is 15.8 Å². The van der Waals surface area contributed by atoms with E-state index in [9.17, 15) is 0 Å². The zero-order valence-electron chi connectivity index (χ0n) is 11.3.